The minimum Gasteiger partial charge on any atom is -0.497 e. The minimum atomic E-state index is -0.972. The topological polar surface area (TPSA) is 94.6 Å². The summed E-state index contributed by atoms with van der Waals surface area (Å²) in [6.07, 6.45) is 0.144. The zero-order valence-corrected chi connectivity index (χ0v) is 11.3. The highest BCUT2D eigenvalue weighted by Gasteiger charge is 2.13. The van der Waals surface area contributed by atoms with Gasteiger partial charge < -0.3 is 14.4 Å². The molecule has 2 rings (SSSR count). The molecule has 7 nitrogen and oxygen atoms in total. The van der Waals surface area contributed by atoms with Crippen LogP contribution in [-0.4, -0.2) is 21.7 Å². The summed E-state index contributed by atoms with van der Waals surface area (Å²) < 4.78 is 6.17. The molecule has 1 aromatic heterocycles. The summed E-state index contributed by atoms with van der Waals surface area (Å²) in [4.78, 5) is 21.8. The molecule has 0 bridgehead atoms. The zero-order valence-electron chi connectivity index (χ0n) is 11.3. The van der Waals surface area contributed by atoms with E-state index in [1.807, 2.05) is 0 Å². The first kappa shape index (κ1) is 14.7. The van der Waals surface area contributed by atoms with Gasteiger partial charge in [0.05, 0.1) is 30.9 Å². The van der Waals surface area contributed by atoms with Crippen molar-refractivity contribution in [1.29, 1.82) is 0 Å². The van der Waals surface area contributed by atoms with Gasteiger partial charge in [-0.1, -0.05) is 12.1 Å². The van der Waals surface area contributed by atoms with E-state index in [4.69, 9.17) is 4.74 Å². The predicted molar refractivity (Wildman–Crippen MR) is 75.3 cm³/mol. The van der Waals surface area contributed by atoms with Crippen LogP contribution in [0.15, 0.2) is 47.4 Å². The van der Waals surface area contributed by atoms with Crippen molar-refractivity contribution in [3.05, 3.63) is 68.6 Å². The van der Waals surface area contributed by atoms with Gasteiger partial charge in [-0.2, -0.15) is 0 Å². The third-order valence-electron chi connectivity index (χ3n) is 3.03. The summed E-state index contributed by atoms with van der Waals surface area (Å²) in [6.45, 7) is -0.0757. The smallest absolute Gasteiger partial charge is 0.285 e. The SMILES string of the molecule is COc1cccc(C(O)Cn2cc([N+](=O)[O-])ccc2=O)c1. The van der Waals surface area contributed by atoms with Gasteiger partial charge in [0.15, 0.2) is 0 Å². The molecular weight excluding hydrogens is 276 g/mol. The van der Waals surface area contributed by atoms with Crippen molar-refractivity contribution in [3.63, 3.8) is 0 Å². The van der Waals surface area contributed by atoms with Crippen LogP contribution in [0, 0.1) is 10.1 Å². The van der Waals surface area contributed by atoms with Gasteiger partial charge in [0, 0.05) is 12.1 Å². The lowest BCUT2D eigenvalue weighted by atomic mass is 10.1. The Morgan fingerprint density at radius 3 is 2.81 bits per heavy atom. The Bertz CT molecular complexity index is 711. The van der Waals surface area contributed by atoms with Gasteiger partial charge in [0.25, 0.3) is 11.2 Å². The van der Waals surface area contributed by atoms with E-state index in [2.05, 4.69) is 0 Å². The molecule has 2 aromatic rings. The molecule has 0 fully saturated rings. The molecular formula is C14H14N2O5. The highest BCUT2D eigenvalue weighted by Crippen LogP contribution is 2.20. The van der Waals surface area contributed by atoms with E-state index in [9.17, 15) is 20.0 Å². The number of aliphatic hydroxyl groups excluding tert-OH is 1. The summed E-state index contributed by atoms with van der Waals surface area (Å²) in [6, 6.07) is 9.03. The second-order valence-corrected chi connectivity index (χ2v) is 4.43. The maximum absolute atomic E-state index is 11.7. The van der Waals surface area contributed by atoms with E-state index in [-0.39, 0.29) is 12.2 Å². The van der Waals surface area contributed by atoms with Crippen molar-refractivity contribution in [2.45, 2.75) is 12.6 Å². The van der Waals surface area contributed by atoms with E-state index in [1.54, 1.807) is 24.3 Å². The lowest BCUT2D eigenvalue weighted by Crippen LogP contribution is -2.22. The summed E-state index contributed by atoms with van der Waals surface area (Å²) in [5.41, 5.74) is -0.0530. The van der Waals surface area contributed by atoms with Crippen molar-refractivity contribution >= 4 is 5.69 Å². The Morgan fingerprint density at radius 2 is 2.14 bits per heavy atom. The van der Waals surface area contributed by atoms with Crippen LogP contribution in [0.5, 0.6) is 5.75 Å². The second kappa shape index (κ2) is 6.19. The average molecular weight is 290 g/mol. The third-order valence-corrected chi connectivity index (χ3v) is 3.03. The zero-order chi connectivity index (χ0) is 15.4. The molecule has 0 aliphatic carbocycles. The van der Waals surface area contributed by atoms with Gasteiger partial charge in [-0.05, 0) is 17.7 Å². The first-order chi connectivity index (χ1) is 10.0. The number of ether oxygens (including phenoxy) is 1. The van der Waals surface area contributed by atoms with E-state index >= 15 is 0 Å². The summed E-state index contributed by atoms with van der Waals surface area (Å²) in [7, 11) is 1.51. The van der Waals surface area contributed by atoms with Crippen molar-refractivity contribution < 1.29 is 14.8 Å². The van der Waals surface area contributed by atoms with Gasteiger partial charge in [-0.3, -0.25) is 14.9 Å². The van der Waals surface area contributed by atoms with Crippen LogP contribution < -0.4 is 10.3 Å². The maximum Gasteiger partial charge on any atom is 0.285 e. The molecule has 0 radical (unpaired) electrons. The molecule has 1 unspecified atom stereocenters. The maximum atomic E-state index is 11.7. The predicted octanol–water partition coefficient (Wildman–Crippen LogP) is 1.50. The van der Waals surface area contributed by atoms with Crippen LogP contribution in [0.3, 0.4) is 0 Å². The van der Waals surface area contributed by atoms with Crippen LogP contribution in [0.25, 0.3) is 0 Å². The molecule has 7 heteroatoms. The van der Waals surface area contributed by atoms with Gasteiger partial charge in [-0.25, -0.2) is 0 Å². The van der Waals surface area contributed by atoms with Crippen LogP contribution in [0.2, 0.25) is 0 Å². The summed E-state index contributed by atoms with van der Waals surface area (Å²) in [5.74, 6) is 0.581. The Labute approximate surface area is 120 Å². The van der Waals surface area contributed by atoms with Gasteiger partial charge in [0.1, 0.15) is 5.75 Å². The average Bonchev–Trinajstić information content (AvgIpc) is 2.49. The fourth-order valence-electron chi connectivity index (χ4n) is 1.91. The normalized spacial score (nSPS) is 11.9. The summed E-state index contributed by atoms with van der Waals surface area (Å²) in [5, 5.41) is 20.9. The van der Waals surface area contributed by atoms with Crippen LogP contribution in [0.1, 0.15) is 11.7 Å². The van der Waals surface area contributed by atoms with Crippen molar-refractivity contribution in [3.8, 4) is 5.75 Å². The van der Waals surface area contributed by atoms with E-state index in [0.717, 1.165) is 22.9 Å². The Balaban J connectivity index is 2.26. The quantitative estimate of drug-likeness (QED) is 0.665. The van der Waals surface area contributed by atoms with Crippen LogP contribution in [-0.2, 0) is 6.54 Å². The Morgan fingerprint density at radius 1 is 1.38 bits per heavy atom. The number of methoxy groups -OCH3 is 1. The highest BCUT2D eigenvalue weighted by atomic mass is 16.6. The van der Waals surface area contributed by atoms with Crippen LogP contribution >= 0.6 is 0 Å². The van der Waals surface area contributed by atoms with Gasteiger partial charge >= 0.3 is 0 Å². The number of benzene rings is 1. The number of hydrogen-bond donors (Lipinski definition) is 1. The second-order valence-electron chi connectivity index (χ2n) is 4.43. The van der Waals surface area contributed by atoms with Crippen molar-refractivity contribution in [2.75, 3.05) is 7.11 Å². The molecule has 0 saturated carbocycles. The Kier molecular flexibility index (Phi) is 4.34. The monoisotopic (exact) mass is 290 g/mol. The first-order valence-electron chi connectivity index (χ1n) is 6.18. The van der Waals surface area contributed by atoms with Crippen molar-refractivity contribution in [2.24, 2.45) is 0 Å². The molecule has 0 aliphatic rings. The number of nitrogens with zero attached hydrogens (tertiary/aromatic N) is 2. The molecule has 1 heterocycles. The molecule has 110 valence electrons. The molecule has 21 heavy (non-hydrogen) atoms. The van der Waals surface area contributed by atoms with E-state index < -0.39 is 16.6 Å². The third kappa shape index (κ3) is 3.46. The molecule has 0 amide bonds. The minimum absolute atomic E-state index is 0.0757. The number of hydrogen-bond acceptors (Lipinski definition) is 5. The molecule has 0 saturated heterocycles. The fraction of sp³-hybridized carbons (Fsp3) is 0.214. The molecule has 1 atom stereocenters. The first-order valence-corrected chi connectivity index (χ1v) is 6.18. The Hall–Kier alpha value is -2.67. The number of aromatic nitrogens is 1. The van der Waals surface area contributed by atoms with E-state index in [1.165, 1.54) is 7.11 Å². The summed E-state index contributed by atoms with van der Waals surface area (Å²) >= 11 is 0. The molecule has 1 aromatic carbocycles. The largest absolute Gasteiger partial charge is 0.497 e. The van der Waals surface area contributed by atoms with Crippen LogP contribution in [0.4, 0.5) is 5.69 Å². The number of pyridine rings is 1. The lowest BCUT2D eigenvalue weighted by Gasteiger charge is -2.13. The van der Waals surface area contributed by atoms with Gasteiger partial charge in [0.2, 0.25) is 0 Å². The number of aliphatic hydroxyl groups is 1. The van der Waals surface area contributed by atoms with Gasteiger partial charge in [-0.15, -0.1) is 0 Å². The molecule has 0 aliphatic heterocycles. The van der Waals surface area contributed by atoms with Crippen molar-refractivity contribution in [1.82, 2.24) is 4.57 Å². The van der Waals surface area contributed by atoms with E-state index in [0.29, 0.717) is 11.3 Å². The fourth-order valence-corrected chi connectivity index (χ4v) is 1.91. The number of rotatable bonds is 5. The number of nitro groups is 1. The molecule has 0 spiro atoms. The molecule has 1 N–H and O–H groups in total. The lowest BCUT2D eigenvalue weighted by molar-refractivity contribution is -0.385. The highest BCUT2D eigenvalue weighted by molar-refractivity contribution is 5.30. The standard InChI is InChI=1S/C14H14N2O5/c1-21-12-4-2-3-10(7-12)13(17)9-15-8-11(16(19)20)5-6-14(15)18/h2-8,13,17H,9H2,1H3.